The molecule has 0 fully saturated rings. The van der Waals surface area contributed by atoms with Gasteiger partial charge in [-0.1, -0.05) is 11.6 Å². The molecule has 6 heteroatoms. The first-order valence-electron chi connectivity index (χ1n) is 7.96. The Morgan fingerprint density at radius 1 is 1.16 bits per heavy atom. The highest BCUT2D eigenvalue weighted by atomic mass is 127. The first kappa shape index (κ1) is 20.0. The van der Waals surface area contributed by atoms with Crippen LogP contribution in [0.3, 0.4) is 0 Å². The van der Waals surface area contributed by atoms with Crippen LogP contribution in [0.5, 0.6) is 5.75 Å². The molecule has 4 nitrogen and oxygen atoms in total. The van der Waals surface area contributed by atoms with Crippen molar-refractivity contribution in [2.75, 3.05) is 6.61 Å². The Labute approximate surface area is 170 Å². The number of fused-ring (bicyclic) bond motifs is 1. The second-order valence-electron chi connectivity index (χ2n) is 6.22. The minimum Gasteiger partial charge on any atom is -1.00 e. The fourth-order valence-corrected chi connectivity index (χ4v) is 2.91. The summed E-state index contributed by atoms with van der Waals surface area (Å²) in [5.41, 5.74) is 4.78. The highest BCUT2D eigenvalue weighted by Gasteiger charge is 2.18. The minimum atomic E-state index is -0.599. The molecule has 0 bridgehead atoms. The number of aryl methyl sites for hydroxylation is 3. The van der Waals surface area contributed by atoms with E-state index in [2.05, 4.69) is 35.1 Å². The van der Waals surface area contributed by atoms with Gasteiger partial charge in [0.15, 0.2) is 11.0 Å². The van der Waals surface area contributed by atoms with Crippen LogP contribution in [0.4, 0.5) is 0 Å². The fraction of sp³-hybridized carbons (Fsp3) is 0.316. The lowest BCUT2D eigenvalue weighted by atomic mass is 10.1. The molecule has 1 heterocycles. The smallest absolute Gasteiger partial charge is 0.244 e. The van der Waals surface area contributed by atoms with Crippen molar-refractivity contribution in [3.05, 3.63) is 58.9 Å². The van der Waals surface area contributed by atoms with Gasteiger partial charge in [-0.15, -0.1) is 0 Å². The van der Waals surface area contributed by atoms with E-state index in [1.54, 1.807) is 24.3 Å². The quantitative estimate of drug-likeness (QED) is 0.425. The monoisotopic (exact) mass is 472 g/mol. The number of rotatable bonds is 5. The molecule has 1 N–H and O–H groups in total. The Bertz CT molecular complexity index is 862. The molecular formula is C19H22ClIN2O2. The first-order valence-corrected chi connectivity index (χ1v) is 8.34. The first-order chi connectivity index (χ1) is 11.4. The second-order valence-corrected chi connectivity index (χ2v) is 6.66. The third kappa shape index (κ3) is 4.65. The van der Waals surface area contributed by atoms with Gasteiger partial charge in [-0.05, 0) is 61.4 Å². The van der Waals surface area contributed by atoms with Gasteiger partial charge in [0.05, 0.1) is 7.05 Å². The number of aliphatic hydroxyl groups is 1. The molecule has 0 amide bonds. The fourth-order valence-electron chi connectivity index (χ4n) is 2.78. The van der Waals surface area contributed by atoms with Crippen LogP contribution in [-0.4, -0.2) is 22.4 Å². The lowest BCUT2D eigenvalue weighted by Gasteiger charge is -2.11. The van der Waals surface area contributed by atoms with E-state index in [4.69, 9.17) is 16.3 Å². The number of aliphatic hydroxyl groups excluding tert-OH is 1. The van der Waals surface area contributed by atoms with E-state index in [1.807, 2.05) is 13.4 Å². The maximum Gasteiger partial charge on any atom is 0.244 e. The lowest BCUT2D eigenvalue weighted by Crippen LogP contribution is -3.00. The summed E-state index contributed by atoms with van der Waals surface area (Å²) in [7, 11) is 2.02. The summed E-state index contributed by atoms with van der Waals surface area (Å²) in [4.78, 5) is 0. The van der Waals surface area contributed by atoms with Gasteiger partial charge in [-0.25, -0.2) is 9.13 Å². The van der Waals surface area contributed by atoms with E-state index < -0.39 is 6.10 Å². The van der Waals surface area contributed by atoms with Crippen LogP contribution in [0.25, 0.3) is 11.0 Å². The molecule has 3 rings (SSSR count). The van der Waals surface area contributed by atoms with Crippen molar-refractivity contribution < 1.29 is 38.4 Å². The van der Waals surface area contributed by atoms with Crippen LogP contribution in [0.15, 0.2) is 42.7 Å². The van der Waals surface area contributed by atoms with Crippen molar-refractivity contribution in [2.45, 2.75) is 26.5 Å². The average molecular weight is 473 g/mol. The number of imidazole rings is 1. The molecule has 0 saturated carbocycles. The van der Waals surface area contributed by atoms with E-state index in [0.29, 0.717) is 17.3 Å². The van der Waals surface area contributed by atoms with Crippen molar-refractivity contribution in [3.63, 3.8) is 0 Å². The number of hydrogen-bond acceptors (Lipinski definition) is 2. The van der Waals surface area contributed by atoms with Gasteiger partial charge in [0.2, 0.25) is 6.33 Å². The Kier molecular flexibility index (Phi) is 6.71. The number of ether oxygens (including phenoxy) is 1. The molecule has 0 radical (unpaired) electrons. The molecule has 0 aliphatic heterocycles. The van der Waals surface area contributed by atoms with E-state index in [0.717, 1.165) is 11.0 Å². The van der Waals surface area contributed by atoms with Gasteiger partial charge in [0.25, 0.3) is 0 Å². The molecule has 1 atom stereocenters. The molecule has 1 unspecified atom stereocenters. The Balaban J connectivity index is 0.00000225. The molecule has 134 valence electrons. The molecule has 0 aliphatic rings. The molecular weight excluding hydrogens is 451 g/mol. The zero-order chi connectivity index (χ0) is 17.3. The third-order valence-electron chi connectivity index (χ3n) is 4.26. The zero-order valence-corrected chi connectivity index (χ0v) is 17.5. The van der Waals surface area contributed by atoms with Gasteiger partial charge < -0.3 is 33.8 Å². The van der Waals surface area contributed by atoms with Gasteiger partial charge in [-0.2, -0.15) is 0 Å². The Hall–Kier alpha value is -1.31. The molecule has 25 heavy (non-hydrogen) atoms. The predicted octanol–water partition coefficient (Wildman–Crippen LogP) is 0.180. The van der Waals surface area contributed by atoms with E-state index >= 15 is 0 Å². The molecule has 0 aliphatic carbocycles. The van der Waals surface area contributed by atoms with E-state index in [9.17, 15) is 5.11 Å². The molecule has 2 aromatic carbocycles. The maximum atomic E-state index is 10.3. The third-order valence-corrected chi connectivity index (χ3v) is 4.51. The number of benzene rings is 2. The average Bonchev–Trinajstić information content (AvgIpc) is 2.83. The maximum absolute atomic E-state index is 10.3. The van der Waals surface area contributed by atoms with Gasteiger partial charge in [0, 0.05) is 5.02 Å². The molecule has 1 aromatic heterocycles. The van der Waals surface area contributed by atoms with Gasteiger partial charge >= 0.3 is 0 Å². The van der Waals surface area contributed by atoms with Crippen molar-refractivity contribution >= 4 is 22.6 Å². The van der Waals surface area contributed by atoms with Crippen LogP contribution < -0.4 is 33.3 Å². The summed E-state index contributed by atoms with van der Waals surface area (Å²) in [5.74, 6) is 0.702. The number of hydrogen-bond donors (Lipinski definition) is 1. The largest absolute Gasteiger partial charge is 1.00 e. The van der Waals surface area contributed by atoms with Crippen LogP contribution in [0.1, 0.15) is 11.1 Å². The SMILES string of the molecule is Cc1cc2c(cc1C)[n+](C)cn2CC(O)COc1ccc(Cl)cc1.[I-]. The summed E-state index contributed by atoms with van der Waals surface area (Å²) in [6, 6.07) is 11.5. The van der Waals surface area contributed by atoms with Crippen molar-refractivity contribution in [3.8, 4) is 5.75 Å². The minimum absolute atomic E-state index is 0. The van der Waals surface area contributed by atoms with E-state index in [-0.39, 0.29) is 30.6 Å². The van der Waals surface area contributed by atoms with Crippen LogP contribution in [0, 0.1) is 13.8 Å². The summed E-state index contributed by atoms with van der Waals surface area (Å²) in [5, 5.41) is 11.0. The highest BCUT2D eigenvalue weighted by Crippen LogP contribution is 2.18. The predicted molar refractivity (Wildman–Crippen MR) is 95.5 cm³/mol. The molecule has 0 saturated heterocycles. The summed E-state index contributed by atoms with van der Waals surface area (Å²) < 4.78 is 9.77. The summed E-state index contributed by atoms with van der Waals surface area (Å²) >= 11 is 5.85. The summed E-state index contributed by atoms with van der Waals surface area (Å²) in [6.07, 6.45) is 1.41. The van der Waals surface area contributed by atoms with Crippen LogP contribution in [-0.2, 0) is 13.6 Å². The standard InChI is InChI=1S/C19H22ClN2O2.HI/c1-13-8-18-19(9-14(13)2)22(12-21(18)3)10-16(23)11-24-17-6-4-15(20)5-7-17;/h4-9,12,16,23H,10-11H2,1-3H3;1H/q+1;/p-1. The second kappa shape index (κ2) is 8.38. The number of halogens is 2. The zero-order valence-electron chi connectivity index (χ0n) is 14.5. The van der Waals surface area contributed by atoms with Crippen molar-refractivity contribution in [1.29, 1.82) is 0 Å². The van der Waals surface area contributed by atoms with Crippen LogP contribution >= 0.6 is 11.6 Å². The topological polar surface area (TPSA) is 38.3 Å². The van der Waals surface area contributed by atoms with E-state index in [1.165, 1.54) is 11.1 Å². The van der Waals surface area contributed by atoms with Crippen LogP contribution in [0.2, 0.25) is 5.02 Å². The normalized spacial score (nSPS) is 12.0. The van der Waals surface area contributed by atoms with Gasteiger partial charge in [-0.3, -0.25) is 0 Å². The lowest BCUT2D eigenvalue weighted by molar-refractivity contribution is -0.645. The number of aromatic nitrogens is 2. The van der Waals surface area contributed by atoms with Gasteiger partial charge in [0.1, 0.15) is 25.0 Å². The highest BCUT2D eigenvalue weighted by molar-refractivity contribution is 6.30. The Morgan fingerprint density at radius 3 is 2.48 bits per heavy atom. The number of nitrogens with zero attached hydrogens (tertiary/aromatic N) is 2. The Morgan fingerprint density at radius 2 is 1.80 bits per heavy atom. The molecule has 3 aromatic rings. The summed E-state index contributed by atoms with van der Waals surface area (Å²) in [6.45, 7) is 4.93. The van der Waals surface area contributed by atoms with Crippen molar-refractivity contribution in [2.24, 2.45) is 7.05 Å². The molecule has 0 spiro atoms. The van der Waals surface area contributed by atoms with Crippen molar-refractivity contribution in [1.82, 2.24) is 4.57 Å².